The Labute approximate surface area is 206 Å². The van der Waals surface area contributed by atoms with E-state index in [1.807, 2.05) is 81.1 Å². The summed E-state index contributed by atoms with van der Waals surface area (Å²) in [4.78, 5) is 27.3. The van der Waals surface area contributed by atoms with Crippen LogP contribution in [0.4, 0.5) is 5.69 Å². The van der Waals surface area contributed by atoms with Gasteiger partial charge in [0.15, 0.2) is 5.11 Å². The van der Waals surface area contributed by atoms with Gasteiger partial charge in [0.1, 0.15) is 5.75 Å². The Balaban J connectivity index is 1.77. The molecule has 34 heavy (non-hydrogen) atoms. The lowest BCUT2D eigenvalue weighted by atomic mass is 9.94. The van der Waals surface area contributed by atoms with E-state index < -0.39 is 6.04 Å². The molecule has 1 amide bonds. The summed E-state index contributed by atoms with van der Waals surface area (Å²) >= 11 is 5.53. The predicted molar refractivity (Wildman–Crippen MR) is 137 cm³/mol. The summed E-state index contributed by atoms with van der Waals surface area (Å²) in [5, 5.41) is 6.74. The lowest BCUT2D eigenvalue weighted by Gasteiger charge is -2.37. The first kappa shape index (κ1) is 25.2. The van der Waals surface area contributed by atoms with E-state index >= 15 is 0 Å². The minimum Gasteiger partial charge on any atom is -0.497 e. The van der Waals surface area contributed by atoms with E-state index in [1.165, 1.54) is 0 Å². The molecule has 0 saturated heterocycles. The Bertz CT molecular complexity index is 1080. The molecule has 1 aliphatic heterocycles. The number of thiocarbonyl (C=S) groups is 1. The first-order valence-electron chi connectivity index (χ1n) is 11.3. The number of carbonyl (C=O) groups excluding carboxylic acids is 2. The van der Waals surface area contributed by atoms with Gasteiger partial charge in [0.05, 0.1) is 31.2 Å². The van der Waals surface area contributed by atoms with Gasteiger partial charge in [-0.2, -0.15) is 0 Å². The molecule has 1 heterocycles. The van der Waals surface area contributed by atoms with Gasteiger partial charge in [0.2, 0.25) is 5.91 Å². The fraction of sp³-hybridized carbons (Fsp3) is 0.346. The number of benzene rings is 2. The quantitative estimate of drug-likeness (QED) is 0.429. The van der Waals surface area contributed by atoms with Crippen molar-refractivity contribution < 1.29 is 19.1 Å². The molecule has 0 bridgehead atoms. The van der Waals surface area contributed by atoms with Crippen LogP contribution in [0.25, 0.3) is 0 Å². The highest BCUT2D eigenvalue weighted by molar-refractivity contribution is 7.80. The number of hydrogen-bond acceptors (Lipinski definition) is 5. The fourth-order valence-electron chi connectivity index (χ4n) is 3.85. The molecule has 2 aromatic rings. The maximum Gasteiger partial charge on any atom is 0.338 e. The standard InChI is InChI=1S/C26H31N3O4S/c1-6-29-17(4)23(25(31)33-16(2)3)24(28-26(29)34)19-9-11-20(12-10-19)27-22(30)15-18-7-13-21(32-5)14-8-18/h7-14,16,24H,6,15H2,1-5H3,(H,27,30)(H,28,34)/t24-/m1/s1. The average molecular weight is 482 g/mol. The molecule has 0 unspecified atom stereocenters. The minimum absolute atomic E-state index is 0.120. The van der Waals surface area contributed by atoms with Crippen LogP contribution >= 0.6 is 12.2 Å². The highest BCUT2D eigenvalue weighted by Crippen LogP contribution is 2.32. The summed E-state index contributed by atoms with van der Waals surface area (Å²) in [5.41, 5.74) is 3.72. The first-order chi connectivity index (χ1) is 16.2. The van der Waals surface area contributed by atoms with Crippen molar-refractivity contribution in [3.05, 3.63) is 70.9 Å². The van der Waals surface area contributed by atoms with E-state index in [0.717, 1.165) is 22.6 Å². The smallest absolute Gasteiger partial charge is 0.338 e. The average Bonchev–Trinajstić information content (AvgIpc) is 2.79. The third kappa shape index (κ3) is 5.94. The van der Waals surface area contributed by atoms with E-state index in [9.17, 15) is 9.59 Å². The third-order valence-electron chi connectivity index (χ3n) is 5.53. The van der Waals surface area contributed by atoms with Gasteiger partial charge in [-0.1, -0.05) is 24.3 Å². The van der Waals surface area contributed by atoms with Gasteiger partial charge in [-0.25, -0.2) is 4.79 Å². The SMILES string of the molecule is CCN1C(=S)N[C@H](c2ccc(NC(=O)Cc3ccc(OC)cc3)cc2)C(C(=O)OC(C)C)=C1C. The largest absolute Gasteiger partial charge is 0.497 e. The zero-order chi connectivity index (χ0) is 24.8. The normalized spacial score (nSPS) is 15.8. The zero-order valence-electron chi connectivity index (χ0n) is 20.2. The molecule has 2 aromatic carbocycles. The monoisotopic (exact) mass is 481 g/mol. The number of anilines is 1. The van der Waals surface area contributed by atoms with Crippen LogP contribution in [0.3, 0.4) is 0 Å². The summed E-state index contributed by atoms with van der Waals surface area (Å²) in [6.07, 6.45) is 0.0187. The lowest BCUT2D eigenvalue weighted by Crippen LogP contribution is -2.47. The van der Waals surface area contributed by atoms with Crippen molar-refractivity contribution in [3.63, 3.8) is 0 Å². The Hall–Kier alpha value is -3.39. The van der Waals surface area contributed by atoms with Crippen molar-refractivity contribution in [1.82, 2.24) is 10.2 Å². The number of carbonyl (C=O) groups is 2. The number of esters is 1. The van der Waals surface area contributed by atoms with Crippen LogP contribution in [0, 0.1) is 0 Å². The van der Waals surface area contributed by atoms with E-state index in [4.69, 9.17) is 21.7 Å². The van der Waals surface area contributed by atoms with Gasteiger partial charge in [0, 0.05) is 17.9 Å². The van der Waals surface area contributed by atoms with Gasteiger partial charge < -0.3 is 25.0 Å². The number of ether oxygens (including phenoxy) is 2. The molecule has 2 N–H and O–H groups in total. The zero-order valence-corrected chi connectivity index (χ0v) is 21.0. The molecule has 180 valence electrons. The molecule has 1 aliphatic rings. The number of rotatable bonds is 8. The van der Waals surface area contributed by atoms with Crippen LogP contribution in [0.5, 0.6) is 5.75 Å². The highest BCUT2D eigenvalue weighted by atomic mass is 32.1. The van der Waals surface area contributed by atoms with Crippen molar-refractivity contribution >= 4 is 34.9 Å². The second kappa shape index (κ2) is 11.2. The highest BCUT2D eigenvalue weighted by Gasteiger charge is 2.34. The predicted octanol–water partition coefficient (Wildman–Crippen LogP) is 4.35. The number of nitrogens with one attached hydrogen (secondary N) is 2. The van der Waals surface area contributed by atoms with E-state index in [2.05, 4.69) is 10.6 Å². The second-order valence-electron chi connectivity index (χ2n) is 8.27. The summed E-state index contributed by atoms with van der Waals surface area (Å²) in [6, 6.07) is 14.3. The molecule has 7 nitrogen and oxygen atoms in total. The van der Waals surface area contributed by atoms with Gasteiger partial charge in [-0.3, -0.25) is 4.79 Å². The molecule has 8 heteroatoms. The maximum absolute atomic E-state index is 12.9. The van der Waals surface area contributed by atoms with Gasteiger partial charge >= 0.3 is 5.97 Å². The third-order valence-corrected chi connectivity index (χ3v) is 5.86. The van der Waals surface area contributed by atoms with Crippen LogP contribution in [-0.4, -0.2) is 41.6 Å². The van der Waals surface area contributed by atoms with Crippen LogP contribution in [0.15, 0.2) is 59.8 Å². The van der Waals surface area contributed by atoms with Gasteiger partial charge in [-0.05, 0) is 75.3 Å². The number of hydrogen-bond donors (Lipinski definition) is 2. The Kier molecular flexibility index (Phi) is 8.28. The Morgan fingerprint density at radius 2 is 1.76 bits per heavy atom. The van der Waals surface area contributed by atoms with E-state index in [-0.39, 0.29) is 24.4 Å². The molecule has 3 rings (SSSR count). The fourth-order valence-corrected chi connectivity index (χ4v) is 4.23. The molecule has 0 aromatic heterocycles. The number of allylic oxidation sites excluding steroid dienone is 1. The van der Waals surface area contributed by atoms with E-state index in [0.29, 0.717) is 22.9 Å². The molecular weight excluding hydrogens is 450 g/mol. The van der Waals surface area contributed by atoms with Crippen molar-refractivity contribution in [2.75, 3.05) is 19.0 Å². The van der Waals surface area contributed by atoms with Crippen LogP contribution < -0.4 is 15.4 Å². The van der Waals surface area contributed by atoms with Crippen LogP contribution in [-0.2, 0) is 20.7 Å². The van der Waals surface area contributed by atoms with E-state index in [1.54, 1.807) is 7.11 Å². The van der Waals surface area contributed by atoms with Crippen molar-refractivity contribution in [3.8, 4) is 5.75 Å². The van der Waals surface area contributed by atoms with Gasteiger partial charge in [-0.15, -0.1) is 0 Å². The summed E-state index contributed by atoms with van der Waals surface area (Å²) in [7, 11) is 1.61. The molecule has 1 atom stereocenters. The second-order valence-corrected chi connectivity index (χ2v) is 8.66. The number of nitrogens with zero attached hydrogens (tertiary/aromatic N) is 1. The van der Waals surface area contributed by atoms with Crippen LogP contribution in [0.2, 0.25) is 0 Å². The lowest BCUT2D eigenvalue weighted by molar-refractivity contribution is -0.143. The van der Waals surface area contributed by atoms with Crippen molar-refractivity contribution in [1.29, 1.82) is 0 Å². The summed E-state index contributed by atoms with van der Waals surface area (Å²) in [5.74, 6) is 0.256. The molecule has 0 saturated carbocycles. The Morgan fingerprint density at radius 1 is 1.12 bits per heavy atom. The topological polar surface area (TPSA) is 79.9 Å². The first-order valence-corrected chi connectivity index (χ1v) is 11.7. The molecular formula is C26H31N3O4S. The number of methoxy groups -OCH3 is 1. The molecule has 0 radical (unpaired) electrons. The molecule has 0 aliphatic carbocycles. The summed E-state index contributed by atoms with van der Waals surface area (Å²) < 4.78 is 10.7. The minimum atomic E-state index is -0.439. The molecule has 0 fully saturated rings. The maximum atomic E-state index is 12.9. The van der Waals surface area contributed by atoms with Crippen molar-refractivity contribution in [2.24, 2.45) is 0 Å². The van der Waals surface area contributed by atoms with Gasteiger partial charge in [0.25, 0.3) is 0 Å². The Morgan fingerprint density at radius 3 is 2.32 bits per heavy atom. The van der Waals surface area contributed by atoms with Crippen molar-refractivity contribution in [2.45, 2.75) is 46.3 Å². The molecule has 0 spiro atoms. The van der Waals surface area contributed by atoms with Crippen LogP contribution in [0.1, 0.15) is 44.9 Å². The number of amides is 1. The summed E-state index contributed by atoms with van der Waals surface area (Å²) in [6.45, 7) is 8.15.